The van der Waals surface area contributed by atoms with E-state index in [1.165, 1.54) is 16.3 Å². The van der Waals surface area contributed by atoms with Gasteiger partial charge in [0.2, 0.25) is 5.88 Å². The van der Waals surface area contributed by atoms with Gasteiger partial charge in [-0.15, -0.1) is 0 Å². The largest absolute Gasteiger partial charge is 0.494 e. The average molecular weight is 351 g/mol. The van der Waals surface area contributed by atoms with Crippen LogP contribution in [-0.2, 0) is 6.54 Å². The number of aliphatic imine (C=N–C) groups is 1. The summed E-state index contributed by atoms with van der Waals surface area (Å²) in [4.78, 5) is 16.8. The Morgan fingerprint density at radius 3 is 2.50 bits per heavy atom. The second-order valence-corrected chi connectivity index (χ2v) is 6.66. The maximum absolute atomic E-state index is 12.4. The van der Waals surface area contributed by atoms with Gasteiger partial charge in [-0.1, -0.05) is 39.3 Å². The zero-order chi connectivity index (χ0) is 19.3. The van der Waals surface area contributed by atoms with Gasteiger partial charge in [-0.05, 0) is 42.5 Å². The Kier molecular flexibility index (Phi) is 6.35. The number of nitrogens with zero attached hydrogens (tertiary/aromatic N) is 3. The molecule has 1 aromatic heterocycles. The van der Waals surface area contributed by atoms with Crippen LogP contribution in [-0.4, -0.2) is 15.9 Å². The molecule has 2 aromatic rings. The van der Waals surface area contributed by atoms with E-state index >= 15 is 0 Å². The summed E-state index contributed by atoms with van der Waals surface area (Å²) >= 11 is 0. The highest BCUT2D eigenvalue weighted by Gasteiger charge is 2.17. The van der Waals surface area contributed by atoms with Crippen molar-refractivity contribution in [3.63, 3.8) is 0 Å². The molecular weight excluding hydrogens is 326 g/mol. The lowest BCUT2D eigenvalue weighted by molar-refractivity contribution is 0.400. The SMILES string of the molecule is CCCCn1c(O)c(C=Nc2ccc(C(C)C)cc2)c(C)c(C#N)c1=O. The topological polar surface area (TPSA) is 78.4 Å². The number of rotatable bonds is 6. The summed E-state index contributed by atoms with van der Waals surface area (Å²) < 4.78 is 1.26. The van der Waals surface area contributed by atoms with Gasteiger partial charge >= 0.3 is 0 Å². The molecule has 0 aliphatic carbocycles. The minimum absolute atomic E-state index is 0.0514. The van der Waals surface area contributed by atoms with E-state index < -0.39 is 5.56 Å². The zero-order valence-electron chi connectivity index (χ0n) is 15.8. The van der Waals surface area contributed by atoms with Crippen LogP contribution in [0, 0.1) is 18.3 Å². The summed E-state index contributed by atoms with van der Waals surface area (Å²) in [5.74, 6) is 0.308. The molecule has 1 N–H and O–H groups in total. The van der Waals surface area contributed by atoms with Crippen LogP contribution in [0.3, 0.4) is 0 Å². The summed E-state index contributed by atoms with van der Waals surface area (Å²) in [7, 11) is 0. The van der Waals surface area contributed by atoms with Crippen LogP contribution in [0.2, 0.25) is 0 Å². The van der Waals surface area contributed by atoms with E-state index in [9.17, 15) is 15.2 Å². The molecule has 0 bridgehead atoms. The van der Waals surface area contributed by atoms with Crippen molar-refractivity contribution in [2.45, 2.75) is 53.0 Å². The predicted molar refractivity (Wildman–Crippen MR) is 105 cm³/mol. The van der Waals surface area contributed by atoms with Gasteiger partial charge < -0.3 is 5.11 Å². The van der Waals surface area contributed by atoms with E-state index in [4.69, 9.17) is 0 Å². The smallest absolute Gasteiger partial charge is 0.271 e. The molecule has 5 heteroatoms. The summed E-state index contributed by atoms with van der Waals surface area (Å²) in [6.07, 6.45) is 3.15. The molecule has 136 valence electrons. The Labute approximate surface area is 154 Å². The molecule has 0 unspecified atom stereocenters. The van der Waals surface area contributed by atoms with E-state index in [0.717, 1.165) is 18.5 Å². The normalized spacial score (nSPS) is 11.2. The van der Waals surface area contributed by atoms with E-state index in [2.05, 4.69) is 18.8 Å². The third kappa shape index (κ3) is 4.02. The van der Waals surface area contributed by atoms with E-state index in [1.54, 1.807) is 6.92 Å². The fourth-order valence-electron chi connectivity index (χ4n) is 2.73. The van der Waals surface area contributed by atoms with E-state index in [0.29, 0.717) is 23.6 Å². The third-order valence-electron chi connectivity index (χ3n) is 4.48. The third-order valence-corrected chi connectivity index (χ3v) is 4.48. The van der Waals surface area contributed by atoms with Gasteiger partial charge in [0.1, 0.15) is 11.6 Å². The molecule has 0 aliphatic heterocycles. The van der Waals surface area contributed by atoms with Crippen molar-refractivity contribution in [2.24, 2.45) is 4.99 Å². The maximum atomic E-state index is 12.4. The van der Waals surface area contributed by atoms with Crippen LogP contribution in [0.1, 0.15) is 61.8 Å². The lowest BCUT2D eigenvalue weighted by atomic mass is 10.0. The second kappa shape index (κ2) is 8.48. The molecule has 0 spiro atoms. The van der Waals surface area contributed by atoms with Gasteiger partial charge in [-0.25, -0.2) is 0 Å². The summed E-state index contributed by atoms with van der Waals surface area (Å²) in [5, 5.41) is 19.9. The van der Waals surface area contributed by atoms with Crippen molar-refractivity contribution in [3.8, 4) is 11.9 Å². The van der Waals surface area contributed by atoms with Crippen LogP contribution in [0.15, 0.2) is 34.1 Å². The fraction of sp³-hybridized carbons (Fsp3) is 0.381. The molecular formula is C21H25N3O2. The molecule has 0 fully saturated rings. The Hall–Kier alpha value is -2.87. The van der Waals surface area contributed by atoms with Gasteiger partial charge in [0.05, 0.1) is 11.3 Å². The van der Waals surface area contributed by atoms with Crippen LogP contribution < -0.4 is 5.56 Å². The summed E-state index contributed by atoms with van der Waals surface area (Å²) in [6.45, 7) is 8.29. The zero-order valence-corrected chi connectivity index (χ0v) is 15.8. The van der Waals surface area contributed by atoms with Crippen molar-refractivity contribution in [2.75, 3.05) is 0 Å². The van der Waals surface area contributed by atoms with Crippen LogP contribution >= 0.6 is 0 Å². The number of nitriles is 1. The highest BCUT2D eigenvalue weighted by Crippen LogP contribution is 2.23. The van der Waals surface area contributed by atoms with Gasteiger partial charge in [0.15, 0.2) is 0 Å². The van der Waals surface area contributed by atoms with Crippen LogP contribution in [0.25, 0.3) is 0 Å². The number of pyridine rings is 1. The first-order valence-electron chi connectivity index (χ1n) is 8.91. The first-order chi connectivity index (χ1) is 12.4. The maximum Gasteiger partial charge on any atom is 0.271 e. The van der Waals surface area contributed by atoms with Gasteiger partial charge in [-0.3, -0.25) is 14.4 Å². The minimum atomic E-state index is -0.450. The standard InChI is InChI=1S/C21H25N3O2/c1-5-6-11-24-20(25)18(12-22)15(4)19(21(24)26)13-23-17-9-7-16(8-10-17)14(2)3/h7-10,13-14,26H,5-6,11H2,1-4H3. The van der Waals surface area contributed by atoms with E-state index in [-0.39, 0.29) is 11.4 Å². The number of unbranched alkanes of at least 4 members (excludes halogenated alkanes) is 1. The van der Waals surface area contributed by atoms with Crippen LogP contribution in [0.4, 0.5) is 5.69 Å². The van der Waals surface area contributed by atoms with Gasteiger partial charge in [0, 0.05) is 12.8 Å². The second-order valence-electron chi connectivity index (χ2n) is 6.66. The van der Waals surface area contributed by atoms with Gasteiger partial charge in [-0.2, -0.15) is 5.26 Å². The number of hydrogen-bond acceptors (Lipinski definition) is 4. The van der Waals surface area contributed by atoms with Crippen molar-refractivity contribution >= 4 is 11.9 Å². The molecule has 1 heterocycles. The quantitative estimate of drug-likeness (QED) is 0.783. The highest BCUT2D eigenvalue weighted by molar-refractivity contribution is 5.87. The Bertz CT molecular complexity index is 901. The molecule has 1 aromatic carbocycles. The fourth-order valence-corrected chi connectivity index (χ4v) is 2.73. The molecule has 2 rings (SSSR count). The highest BCUT2D eigenvalue weighted by atomic mass is 16.3. The Morgan fingerprint density at radius 1 is 1.31 bits per heavy atom. The number of hydrogen-bond donors (Lipinski definition) is 1. The van der Waals surface area contributed by atoms with Crippen molar-refractivity contribution < 1.29 is 5.11 Å². The van der Waals surface area contributed by atoms with Gasteiger partial charge in [0.25, 0.3) is 5.56 Å². The monoisotopic (exact) mass is 351 g/mol. The van der Waals surface area contributed by atoms with Crippen molar-refractivity contribution in [1.29, 1.82) is 5.26 Å². The Morgan fingerprint density at radius 2 is 1.96 bits per heavy atom. The molecule has 0 aliphatic rings. The summed E-state index contributed by atoms with van der Waals surface area (Å²) in [6, 6.07) is 9.83. The molecule has 0 radical (unpaired) electrons. The molecule has 0 saturated heterocycles. The van der Waals surface area contributed by atoms with Crippen molar-refractivity contribution in [3.05, 3.63) is 56.9 Å². The lowest BCUT2D eigenvalue weighted by Crippen LogP contribution is -2.25. The predicted octanol–water partition coefficient (Wildman–Crippen LogP) is 4.41. The Balaban J connectivity index is 2.48. The molecule has 0 amide bonds. The lowest BCUT2D eigenvalue weighted by Gasteiger charge is -2.13. The number of benzene rings is 1. The minimum Gasteiger partial charge on any atom is -0.494 e. The molecule has 0 atom stereocenters. The van der Waals surface area contributed by atoms with E-state index in [1.807, 2.05) is 37.3 Å². The van der Waals surface area contributed by atoms with Crippen molar-refractivity contribution in [1.82, 2.24) is 4.57 Å². The summed E-state index contributed by atoms with van der Waals surface area (Å²) in [5.41, 5.74) is 2.43. The number of aromatic nitrogens is 1. The molecule has 5 nitrogen and oxygen atoms in total. The molecule has 26 heavy (non-hydrogen) atoms. The van der Waals surface area contributed by atoms with Crippen LogP contribution in [0.5, 0.6) is 5.88 Å². The average Bonchev–Trinajstić information content (AvgIpc) is 2.62. The first kappa shape index (κ1) is 19.5. The molecule has 0 saturated carbocycles. The first-order valence-corrected chi connectivity index (χ1v) is 8.91. The number of aromatic hydroxyl groups is 1.